The van der Waals surface area contributed by atoms with Crippen molar-refractivity contribution in [3.05, 3.63) is 11.5 Å². The first-order valence-corrected chi connectivity index (χ1v) is 8.19. The fourth-order valence-corrected chi connectivity index (χ4v) is 3.12. The Morgan fingerprint density at radius 1 is 1.15 bits per heavy atom. The van der Waals surface area contributed by atoms with Gasteiger partial charge in [-0.25, -0.2) is 4.98 Å². The van der Waals surface area contributed by atoms with Gasteiger partial charge in [0, 0.05) is 25.4 Å². The highest BCUT2D eigenvalue weighted by molar-refractivity contribution is 6.17. The Labute approximate surface area is 126 Å². The van der Waals surface area contributed by atoms with E-state index in [0.717, 1.165) is 54.8 Å². The van der Waals surface area contributed by atoms with Crippen LogP contribution in [0.15, 0.2) is 0 Å². The van der Waals surface area contributed by atoms with E-state index < -0.39 is 0 Å². The summed E-state index contributed by atoms with van der Waals surface area (Å²) in [5.41, 5.74) is 3.34. The summed E-state index contributed by atoms with van der Waals surface area (Å²) in [5, 5.41) is 4.65. The molecule has 0 aliphatic carbocycles. The zero-order valence-electron chi connectivity index (χ0n) is 13.0. The summed E-state index contributed by atoms with van der Waals surface area (Å²) >= 11 is 5.96. The number of fused-ring (bicyclic) bond motifs is 1. The van der Waals surface area contributed by atoms with Crippen LogP contribution in [-0.2, 0) is 19.9 Å². The summed E-state index contributed by atoms with van der Waals surface area (Å²) in [7, 11) is 2.02. The Hall–Kier alpha value is -1.03. The molecule has 0 aliphatic rings. The summed E-state index contributed by atoms with van der Waals surface area (Å²) in [6.07, 6.45) is 5.10. The van der Waals surface area contributed by atoms with Crippen LogP contribution in [0, 0.1) is 0 Å². The topological polar surface area (TPSA) is 35.6 Å². The van der Waals surface area contributed by atoms with E-state index in [9.17, 15) is 0 Å². The monoisotopic (exact) mass is 296 g/mol. The summed E-state index contributed by atoms with van der Waals surface area (Å²) in [6.45, 7) is 6.64. The maximum Gasteiger partial charge on any atom is 0.158 e. The lowest BCUT2D eigenvalue weighted by Crippen LogP contribution is -2.14. The molecule has 0 aromatic carbocycles. The number of nitrogens with zero attached hydrogens (tertiary/aromatic N) is 4. The van der Waals surface area contributed by atoms with Crippen LogP contribution in [-0.4, -0.2) is 25.2 Å². The Kier molecular flexibility index (Phi) is 5.08. The molecule has 2 rings (SSSR count). The lowest BCUT2D eigenvalue weighted by atomic mass is 10.1. The molecule has 0 aliphatic heterocycles. The van der Waals surface area contributed by atoms with E-state index in [4.69, 9.17) is 16.6 Å². The number of alkyl halides is 1. The molecule has 0 radical (unpaired) electrons. The minimum Gasteiger partial charge on any atom is -0.310 e. The quantitative estimate of drug-likeness (QED) is 0.727. The van der Waals surface area contributed by atoms with Crippen LogP contribution in [0.2, 0.25) is 0 Å². The average Bonchev–Trinajstić information content (AvgIpc) is 2.93. The minimum absolute atomic E-state index is 0.475. The highest BCUT2D eigenvalue weighted by Gasteiger charge is 2.22. The molecular formula is C15H25ClN4. The molecule has 0 bridgehead atoms. The van der Waals surface area contributed by atoms with E-state index in [1.165, 1.54) is 0 Å². The Balaban J connectivity index is 2.64. The molecule has 112 valence electrons. The maximum absolute atomic E-state index is 5.96. The molecule has 4 nitrogen and oxygen atoms in total. The fourth-order valence-electron chi connectivity index (χ4n) is 2.95. The van der Waals surface area contributed by atoms with Crippen molar-refractivity contribution in [2.75, 3.05) is 5.88 Å². The zero-order valence-corrected chi connectivity index (χ0v) is 13.7. The first-order valence-electron chi connectivity index (χ1n) is 7.66. The van der Waals surface area contributed by atoms with E-state index in [2.05, 4.69) is 30.4 Å². The second kappa shape index (κ2) is 6.61. The highest BCUT2D eigenvalue weighted by Crippen LogP contribution is 2.28. The van der Waals surface area contributed by atoms with Crippen molar-refractivity contribution >= 4 is 22.8 Å². The summed E-state index contributed by atoms with van der Waals surface area (Å²) in [5.74, 6) is 1.72. The van der Waals surface area contributed by atoms with E-state index in [1.54, 1.807) is 0 Å². The van der Waals surface area contributed by atoms with Gasteiger partial charge in [-0.3, -0.25) is 4.68 Å². The molecule has 0 saturated carbocycles. The van der Waals surface area contributed by atoms with Gasteiger partial charge in [0.1, 0.15) is 11.3 Å². The van der Waals surface area contributed by atoms with Gasteiger partial charge in [0.15, 0.2) is 5.65 Å². The molecule has 0 N–H and O–H groups in total. The van der Waals surface area contributed by atoms with Crippen molar-refractivity contribution in [2.24, 2.45) is 7.05 Å². The number of halogens is 1. The van der Waals surface area contributed by atoms with Crippen LogP contribution < -0.4 is 0 Å². The van der Waals surface area contributed by atoms with Crippen LogP contribution in [0.5, 0.6) is 0 Å². The predicted molar refractivity (Wildman–Crippen MR) is 84.5 cm³/mol. The largest absolute Gasteiger partial charge is 0.310 e. The molecule has 2 heterocycles. The van der Waals surface area contributed by atoms with Gasteiger partial charge >= 0.3 is 0 Å². The second-order valence-corrected chi connectivity index (χ2v) is 5.68. The molecular weight excluding hydrogens is 272 g/mol. The predicted octanol–water partition coefficient (Wildman–Crippen LogP) is 3.86. The van der Waals surface area contributed by atoms with Gasteiger partial charge in [0.25, 0.3) is 0 Å². The summed E-state index contributed by atoms with van der Waals surface area (Å²) < 4.78 is 4.35. The van der Waals surface area contributed by atoms with Crippen LogP contribution in [0.3, 0.4) is 0 Å². The van der Waals surface area contributed by atoms with Gasteiger partial charge in [0.2, 0.25) is 0 Å². The SMILES string of the molecule is CCCc1nn(C)c2c1nc(CCCl)n2C(CC)CC. The van der Waals surface area contributed by atoms with Crippen molar-refractivity contribution < 1.29 is 0 Å². The third-order valence-electron chi connectivity index (χ3n) is 3.92. The average molecular weight is 297 g/mol. The molecule has 0 saturated heterocycles. The standard InChI is InChI=1S/C15H25ClN4/c1-5-8-12-14-15(19(4)18-12)20(11(6-2)7-3)13(17-14)9-10-16/h11H,5-10H2,1-4H3. The summed E-state index contributed by atoms with van der Waals surface area (Å²) in [6, 6.07) is 0.475. The molecule has 2 aromatic heterocycles. The smallest absolute Gasteiger partial charge is 0.158 e. The number of imidazole rings is 1. The number of hydrogen-bond donors (Lipinski definition) is 0. The van der Waals surface area contributed by atoms with Gasteiger partial charge in [-0.1, -0.05) is 27.2 Å². The van der Waals surface area contributed by atoms with Crippen LogP contribution >= 0.6 is 11.6 Å². The molecule has 5 heteroatoms. The zero-order chi connectivity index (χ0) is 14.7. The van der Waals surface area contributed by atoms with Gasteiger partial charge in [-0.05, 0) is 19.3 Å². The van der Waals surface area contributed by atoms with Crippen molar-refractivity contribution in [3.63, 3.8) is 0 Å². The van der Waals surface area contributed by atoms with Gasteiger partial charge in [-0.15, -0.1) is 11.6 Å². The molecule has 0 fully saturated rings. The van der Waals surface area contributed by atoms with Gasteiger partial charge in [-0.2, -0.15) is 5.10 Å². The normalized spacial score (nSPS) is 11.9. The lowest BCUT2D eigenvalue weighted by molar-refractivity contribution is 0.460. The maximum atomic E-state index is 5.96. The number of rotatable bonds is 7. The fraction of sp³-hybridized carbons (Fsp3) is 0.733. The van der Waals surface area contributed by atoms with E-state index >= 15 is 0 Å². The van der Waals surface area contributed by atoms with Crippen molar-refractivity contribution in [1.82, 2.24) is 19.3 Å². The van der Waals surface area contributed by atoms with Crippen LogP contribution in [0.1, 0.15) is 57.6 Å². The molecule has 0 unspecified atom stereocenters. The minimum atomic E-state index is 0.475. The first-order chi connectivity index (χ1) is 9.67. The first kappa shape index (κ1) is 15.4. The Morgan fingerprint density at radius 2 is 1.85 bits per heavy atom. The molecule has 20 heavy (non-hydrogen) atoms. The van der Waals surface area contributed by atoms with Gasteiger partial charge < -0.3 is 4.57 Å². The lowest BCUT2D eigenvalue weighted by Gasteiger charge is -2.18. The Bertz CT molecular complexity index is 566. The van der Waals surface area contributed by atoms with Crippen molar-refractivity contribution in [2.45, 2.75) is 58.9 Å². The van der Waals surface area contributed by atoms with Gasteiger partial charge in [0.05, 0.1) is 5.69 Å². The van der Waals surface area contributed by atoms with E-state index in [1.807, 2.05) is 11.7 Å². The van der Waals surface area contributed by atoms with Crippen molar-refractivity contribution in [1.29, 1.82) is 0 Å². The number of aryl methyl sites for hydroxylation is 3. The molecule has 0 amide bonds. The third-order valence-corrected chi connectivity index (χ3v) is 4.11. The van der Waals surface area contributed by atoms with Crippen molar-refractivity contribution in [3.8, 4) is 0 Å². The van der Waals surface area contributed by atoms with E-state index in [-0.39, 0.29) is 0 Å². The summed E-state index contributed by atoms with van der Waals surface area (Å²) in [4.78, 5) is 4.85. The van der Waals surface area contributed by atoms with Crippen LogP contribution in [0.25, 0.3) is 11.2 Å². The van der Waals surface area contributed by atoms with E-state index in [0.29, 0.717) is 11.9 Å². The number of aromatic nitrogens is 4. The third kappa shape index (κ3) is 2.58. The molecule has 0 spiro atoms. The number of hydrogen-bond acceptors (Lipinski definition) is 2. The second-order valence-electron chi connectivity index (χ2n) is 5.30. The molecule has 0 atom stereocenters. The molecule has 2 aromatic rings. The highest BCUT2D eigenvalue weighted by atomic mass is 35.5. The van der Waals surface area contributed by atoms with Crippen LogP contribution in [0.4, 0.5) is 0 Å². The Morgan fingerprint density at radius 3 is 2.40 bits per heavy atom.